The molecule has 3 rings (SSSR count). The van der Waals surface area contributed by atoms with E-state index in [0.29, 0.717) is 11.4 Å². The maximum absolute atomic E-state index is 13.0. The van der Waals surface area contributed by atoms with Gasteiger partial charge in [0.1, 0.15) is 17.7 Å². The third-order valence-electron chi connectivity index (χ3n) is 3.32. The van der Waals surface area contributed by atoms with Crippen molar-refractivity contribution in [3.05, 3.63) is 59.4 Å². The third-order valence-corrected chi connectivity index (χ3v) is 3.32. The lowest BCUT2D eigenvalue weighted by Gasteiger charge is -2.16. The zero-order valence-corrected chi connectivity index (χ0v) is 9.90. The molecule has 1 unspecified atom stereocenters. The number of anilines is 1. The predicted octanol–water partition coefficient (Wildman–Crippen LogP) is 3.47. The molecule has 2 aromatic rings. The fourth-order valence-corrected chi connectivity index (χ4v) is 2.42. The Labute approximate surface area is 105 Å². The zero-order valence-electron chi connectivity index (χ0n) is 9.90. The van der Waals surface area contributed by atoms with Crippen LogP contribution in [0.25, 0.3) is 0 Å². The van der Waals surface area contributed by atoms with E-state index in [1.807, 2.05) is 12.1 Å². The highest BCUT2D eigenvalue weighted by atomic mass is 19.1. The van der Waals surface area contributed by atoms with Crippen LogP contribution in [0.4, 0.5) is 10.1 Å². The first-order valence-corrected chi connectivity index (χ1v) is 6.03. The molecule has 0 bridgehead atoms. The Balaban J connectivity index is 1.86. The van der Waals surface area contributed by atoms with E-state index in [0.717, 1.165) is 12.8 Å². The molecule has 3 heteroatoms. The fourth-order valence-electron chi connectivity index (χ4n) is 2.42. The zero-order chi connectivity index (χ0) is 12.5. The van der Waals surface area contributed by atoms with E-state index in [-0.39, 0.29) is 11.9 Å². The Kier molecular flexibility index (Phi) is 2.67. The van der Waals surface area contributed by atoms with Crippen LogP contribution in [0.5, 0.6) is 5.75 Å². The summed E-state index contributed by atoms with van der Waals surface area (Å²) >= 11 is 0. The normalized spacial score (nSPS) is 17.5. The number of nitrogen functional groups attached to an aromatic ring is 1. The van der Waals surface area contributed by atoms with Crippen molar-refractivity contribution in [3.8, 4) is 5.75 Å². The maximum atomic E-state index is 13.0. The first-order valence-electron chi connectivity index (χ1n) is 6.03. The van der Waals surface area contributed by atoms with Gasteiger partial charge in [-0.15, -0.1) is 0 Å². The van der Waals surface area contributed by atoms with Crippen molar-refractivity contribution in [3.63, 3.8) is 0 Å². The van der Waals surface area contributed by atoms with Gasteiger partial charge in [-0.3, -0.25) is 0 Å². The summed E-state index contributed by atoms with van der Waals surface area (Å²) in [6, 6.07) is 12.5. The number of nitrogens with two attached hydrogens (primary N) is 1. The molecule has 1 atom stereocenters. The highest BCUT2D eigenvalue weighted by Gasteiger charge is 2.23. The molecule has 2 aromatic carbocycles. The number of rotatable bonds is 2. The van der Waals surface area contributed by atoms with Crippen LogP contribution in [-0.2, 0) is 6.42 Å². The molecule has 0 aromatic heterocycles. The summed E-state index contributed by atoms with van der Waals surface area (Å²) in [4.78, 5) is 0. The lowest BCUT2D eigenvalue weighted by Crippen LogP contribution is -2.05. The van der Waals surface area contributed by atoms with Crippen molar-refractivity contribution in [2.75, 3.05) is 5.73 Å². The van der Waals surface area contributed by atoms with E-state index in [4.69, 9.17) is 10.5 Å². The van der Waals surface area contributed by atoms with E-state index in [9.17, 15) is 4.39 Å². The van der Waals surface area contributed by atoms with Gasteiger partial charge in [0.25, 0.3) is 0 Å². The van der Waals surface area contributed by atoms with Gasteiger partial charge in [-0.2, -0.15) is 0 Å². The van der Waals surface area contributed by atoms with Crippen LogP contribution in [0.1, 0.15) is 23.7 Å². The smallest absolute Gasteiger partial charge is 0.143 e. The predicted molar refractivity (Wildman–Crippen MR) is 68.9 cm³/mol. The van der Waals surface area contributed by atoms with Crippen LogP contribution >= 0.6 is 0 Å². The van der Waals surface area contributed by atoms with Gasteiger partial charge in [-0.25, -0.2) is 4.39 Å². The molecule has 0 saturated heterocycles. The third kappa shape index (κ3) is 1.92. The number of halogens is 1. The molecule has 0 spiro atoms. The number of hydrogen-bond acceptors (Lipinski definition) is 2. The van der Waals surface area contributed by atoms with Crippen molar-refractivity contribution in [1.29, 1.82) is 0 Å². The maximum Gasteiger partial charge on any atom is 0.143 e. The van der Waals surface area contributed by atoms with Gasteiger partial charge in [0.2, 0.25) is 0 Å². The van der Waals surface area contributed by atoms with Crippen LogP contribution < -0.4 is 10.5 Å². The summed E-state index contributed by atoms with van der Waals surface area (Å²) in [7, 11) is 0. The van der Waals surface area contributed by atoms with Crippen LogP contribution in [0.15, 0.2) is 42.5 Å². The number of hydrogen-bond donors (Lipinski definition) is 1. The Morgan fingerprint density at radius 3 is 2.83 bits per heavy atom. The van der Waals surface area contributed by atoms with Crippen molar-refractivity contribution in [2.45, 2.75) is 18.9 Å². The van der Waals surface area contributed by atoms with Crippen molar-refractivity contribution in [2.24, 2.45) is 0 Å². The van der Waals surface area contributed by atoms with Gasteiger partial charge in [-0.05, 0) is 36.1 Å². The van der Waals surface area contributed by atoms with Crippen molar-refractivity contribution < 1.29 is 9.13 Å². The number of ether oxygens (including phenoxy) is 1. The minimum Gasteiger partial charge on any atom is -0.484 e. The van der Waals surface area contributed by atoms with Crippen molar-refractivity contribution >= 4 is 5.69 Å². The number of aryl methyl sites for hydroxylation is 1. The van der Waals surface area contributed by atoms with E-state index < -0.39 is 0 Å². The standard InChI is InChI=1S/C15H14FNO/c16-11-6-8-15(13(17)9-11)18-14-7-5-10-3-1-2-4-12(10)14/h1-4,6,8-9,14H,5,7,17H2. The van der Waals surface area contributed by atoms with E-state index in [2.05, 4.69) is 12.1 Å². The van der Waals surface area contributed by atoms with Crippen LogP contribution in [0.2, 0.25) is 0 Å². The highest BCUT2D eigenvalue weighted by molar-refractivity contribution is 5.52. The molecule has 0 amide bonds. The molecule has 2 nitrogen and oxygen atoms in total. The van der Waals surface area contributed by atoms with Gasteiger partial charge >= 0.3 is 0 Å². The second-order valence-corrected chi connectivity index (χ2v) is 4.53. The van der Waals surface area contributed by atoms with Crippen molar-refractivity contribution in [1.82, 2.24) is 0 Å². The first kappa shape index (κ1) is 11.1. The Hall–Kier alpha value is -2.03. The van der Waals surface area contributed by atoms with Gasteiger partial charge in [-0.1, -0.05) is 24.3 Å². The molecular weight excluding hydrogens is 229 g/mol. The second-order valence-electron chi connectivity index (χ2n) is 4.53. The molecule has 1 aliphatic carbocycles. The largest absolute Gasteiger partial charge is 0.484 e. The van der Waals surface area contributed by atoms with Gasteiger partial charge < -0.3 is 10.5 Å². The minimum atomic E-state index is -0.341. The lowest BCUT2D eigenvalue weighted by molar-refractivity contribution is 0.209. The van der Waals surface area contributed by atoms with Crippen LogP contribution in [0.3, 0.4) is 0 Å². The summed E-state index contributed by atoms with van der Waals surface area (Å²) in [5.41, 5.74) is 8.63. The fraction of sp³-hybridized carbons (Fsp3) is 0.200. The number of benzene rings is 2. The average molecular weight is 243 g/mol. The Morgan fingerprint density at radius 2 is 2.00 bits per heavy atom. The molecule has 0 saturated carbocycles. The van der Waals surface area contributed by atoms with Gasteiger partial charge in [0, 0.05) is 6.07 Å². The molecule has 0 heterocycles. The van der Waals surface area contributed by atoms with E-state index >= 15 is 0 Å². The summed E-state index contributed by atoms with van der Waals surface area (Å²) < 4.78 is 18.9. The summed E-state index contributed by atoms with van der Waals surface area (Å²) in [6.07, 6.45) is 1.98. The SMILES string of the molecule is Nc1cc(F)ccc1OC1CCc2ccccc21. The highest BCUT2D eigenvalue weighted by Crippen LogP contribution is 2.36. The molecule has 0 radical (unpaired) electrons. The summed E-state index contributed by atoms with van der Waals surface area (Å²) in [5, 5.41) is 0. The lowest BCUT2D eigenvalue weighted by atomic mass is 10.1. The van der Waals surface area contributed by atoms with Gasteiger partial charge in [0.05, 0.1) is 5.69 Å². The van der Waals surface area contributed by atoms with Crippen LogP contribution in [-0.4, -0.2) is 0 Å². The molecule has 18 heavy (non-hydrogen) atoms. The van der Waals surface area contributed by atoms with E-state index in [1.165, 1.54) is 23.3 Å². The topological polar surface area (TPSA) is 35.2 Å². The molecular formula is C15H14FNO. The second kappa shape index (κ2) is 4.33. The molecule has 2 N–H and O–H groups in total. The Bertz CT molecular complexity index is 582. The molecule has 0 aliphatic heterocycles. The molecule has 0 fully saturated rings. The van der Waals surface area contributed by atoms with Crippen LogP contribution in [0, 0.1) is 5.82 Å². The summed E-state index contributed by atoms with van der Waals surface area (Å²) in [5.74, 6) is 0.213. The number of fused-ring (bicyclic) bond motifs is 1. The quantitative estimate of drug-likeness (QED) is 0.820. The monoisotopic (exact) mass is 243 g/mol. The van der Waals surface area contributed by atoms with Gasteiger partial charge in [0.15, 0.2) is 0 Å². The average Bonchev–Trinajstić information content (AvgIpc) is 2.76. The summed E-state index contributed by atoms with van der Waals surface area (Å²) in [6.45, 7) is 0. The molecule has 1 aliphatic rings. The molecule has 92 valence electrons. The first-order chi connectivity index (χ1) is 8.74. The van der Waals surface area contributed by atoms with E-state index in [1.54, 1.807) is 6.07 Å². The minimum absolute atomic E-state index is 0.0222. The Morgan fingerprint density at radius 1 is 1.17 bits per heavy atom.